The maximum Gasteiger partial charge on any atom is 0.158 e. The number of aliphatic imine (C=N–C) groups is 2. The predicted octanol–water partition coefficient (Wildman–Crippen LogP) is 4.29. The molecule has 0 aliphatic heterocycles. The van der Waals surface area contributed by atoms with Crippen LogP contribution in [0.25, 0.3) is 0 Å². The maximum absolute atomic E-state index is 9.26. The van der Waals surface area contributed by atoms with Gasteiger partial charge in [0.2, 0.25) is 0 Å². The lowest BCUT2D eigenvalue weighted by Crippen LogP contribution is -2.16. The van der Waals surface area contributed by atoms with Crippen molar-refractivity contribution in [2.75, 3.05) is 6.54 Å². The maximum atomic E-state index is 9.26. The van der Waals surface area contributed by atoms with Gasteiger partial charge in [0.1, 0.15) is 12.1 Å². The van der Waals surface area contributed by atoms with Gasteiger partial charge in [0, 0.05) is 12.2 Å². The van der Waals surface area contributed by atoms with E-state index in [2.05, 4.69) is 18.2 Å². The van der Waals surface area contributed by atoms with Gasteiger partial charge in [0.25, 0.3) is 0 Å². The summed E-state index contributed by atoms with van der Waals surface area (Å²) in [7, 11) is 0. The molecule has 0 unspecified atom stereocenters. The van der Waals surface area contributed by atoms with Crippen molar-refractivity contribution >= 4 is 11.4 Å². The molecule has 0 amide bonds. The molecule has 0 radical (unpaired) electrons. The molecule has 5 heteroatoms. The molecule has 0 aromatic carbocycles. The van der Waals surface area contributed by atoms with Crippen LogP contribution in [0.3, 0.4) is 0 Å². The number of nitriles is 2. The van der Waals surface area contributed by atoms with E-state index in [0.717, 1.165) is 45.7 Å². The molecule has 0 aromatic rings. The summed E-state index contributed by atoms with van der Waals surface area (Å²) >= 11 is 0. The van der Waals surface area contributed by atoms with Crippen molar-refractivity contribution in [3.8, 4) is 12.1 Å². The van der Waals surface area contributed by atoms with Crippen LogP contribution >= 0.6 is 0 Å². The minimum absolute atomic E-state index is 0.00954. The molecule has 1 aliphatic rings. The highest BCUT2D eigenvalue weighted by Crippen LogP contribution is 2.33. The molecule has 134 valence electrons. The fraction of sp³-hybridized carbons (Fsp3) is 0.333. The van der Waals surface area contributed by atoms with E-state index < -0.39 is 0 Å². The van der Waals surface area contributed by atoms with Gasteiger partial charge in [-0.25, -0.2) is 4.99 Å². The van der Waals surface area contributed by atoms with Crippen molar-refractivity contribution in [2.24, 2.45) is 15.7 Å². The third-order valence-electron chi connectivity index (χ3n) is 4.50. The zero-order chi connectivity index (χ0) is 20.0. The van der Waals surface area contributed by atoms with E-state index >= 15 is 0 Å². The second-order valence-corrected chi connectivity index (χ2v) is 6.11. The number of hydrogen-bond donors (Lipinski definition) is 1. The third kappa shape index (κ3) is 4.14. The number of nitrogens with two attached hydrogens (primary N) is 1. The second-order valence-electron chi connectivity index (χ2n) is 6.11. The van der Waals surface area contributed by atoms with E-state index in [4.69, 9.17) is 16.0 Å². The van der Waals surface area contributed by atoms with Crippen molar-refractivity contribution in [3.05, 3.63) is 58.0 Å². The summed E-state index contributed by atoms with van der Waals surface area (Å²) in [5, 5.41) is 18.2. The van der Waals surface area contributed by atoms with Crippen molar-refractivity contribution < 1.29 is 0 Å². The summed E-state index contributed by atoms with van der Waals surface area (Å²) in [6.07, 6.45) is 0.778. The van der Waals surface area contributed by atoms with Gasteiger partial charge in [-0.05, 0) is 62.0 Å². The van der Waals surface area contributed by atoms with Gasteiger partial charge in [0.05, 0.1) is 17.0 Å². The molecular weight excluding hydrogens is 322 g/mol. The van der Waals surface area contributed by atoms with Crippen molar-refractivity contribution in [1.82, 2.24) is 0 Å². The zero-order valence-corrected chi connectivity index (χ0v) is 16.2. The lowest BCUT2D eigenvalue weighted by Gasteiger charge is -2.23. The quantitative estimate of drug-likeness (QED) is 0.593. The van der Waals surface area contributed by atoms with Crippen LogP contribution in [0, 0.1) is 22.7 Å². The van der Waals surface area contributed by atoms with Crippen LogP contribution in [-0.4, -0.2) is 18.0 Å². The zero-order valence-electron chi connectivity index (χ0n) is 16.2. The van der Waals surface area contributed by atoms with Crippen LogP contribution < -0.4 is 5.73 Å². The van der Waals surface area contributed by atoms with Crippen LogP contribution in [0.1, 0.15) is 41.0 Å². The molecule has 0 atom stereocenters. The highest BCUT2D eigenvalue weighted by Gasteiger charge is 2.23. The molecule has 0 spiro atoms. The standard InChI is InChI=1S/C21H25N5/c1-8-18(12(2)9-22)25-20-14(4)16(6)21(17(7)15(20)5)26-19(11-24)13(3)10-23/h3-4,8-9,22H2,1-2,5-7H3/b18-12+,25-20?,26-19?. The van der Waals surface area contributed by atoms with Crippen LogP contribution in [0.2, 0.25) is 0 Å². The van der Waals surface area contributed by atoms with Gasteiger partial charge < -0.3 is 5.73 Å². The Kier molecular flexibility index (Phi) is 7.19. The van der Waals surface area contributed by atoms with Crippen LogP contribution in [-0.2, 0) is 0 Å². The van der Waals surface area contributed by atoms with E-state index in [0.29, 0.717) is 12.2 Å². The van der Waals surface area contributed by atoms with Gasteiger partial charge in [-0.1, -0.05) is 20.1 Å². The van der Waals surface area contributed by atoms with E-state index in [1.54, 1.807) is 0 Å². The summed E-state index contributed by atoms with van der Waals surface area (Å²) in [5.74, 6) is 0. The molecule has 0 fully saturated rings. The molecule has 2 N–H and O–H groups in total. The Morgan fingerprint density at radius 1 is 1.12 bits per heavy atom. The Balaban J connectivity index is 3.61. The highest BCUT2D eigenvalue weighted by molar-refractivity contribution is 6.18. The predicted molar refractivity (Wildman–Crippen MR) is 107 cm³/mol. The smallest absolute Gasteiger partial charge is 0.158 e. The summed E-state index contributed by atoms with van der Waals surface area (Å²) in [5.41, 5.74) is 12.7. The average Bonchev–Trinajstić information content (AvgIpc) is 2.65. The Hall–Kier alpha value is -3.02. The lowest BCUT2D eigenvalue weighted by molar-refractivity contribution is 0.982. The average molecular weight is 347 g/mol. The van der Waals surface area contributed by atoms with Crippen LogP contribution in [0.5, 0.6) is 0 Å². The van der Waals surface area contributed by atoms with Gasteiger partial charge >= 0.3 is 0 Å². The lowest BCUT2D eigenvalue weighted by atomic mass is 9.86. The second kappa shape index (κ2) is 8.89. The van der Waals surface area contributed by atoms with Crippen LogP contribution in [0.4, 0.5) is 0 Å². The van der Waals surface area contributed by atoms with Crippen molar-refractivity contribution in [1.29, 1.82) is 10.5 Å². The van der Waals surface area contributed by atoms with Gasteiger partial charge in [-0.15, -0.1) is 0 Å². The first-order valence-electron chi connectivity index (χ1n) is 8.37. The fourth-order valence-corrected chi connectivity index (χ4v) is 2.56. The van der Waals surface area contributed by atoms with Gasteiger partial charge in [0.15, 0.2) is 5.71 Å². The SMILES string of the molecule is C=C(C#N)C(C#N)=NC1=C(C)C(=C)C(=N/C(CC)=C(\C)CN)C(C)=C1C. The molecule has 0 bridgehead atoms. The molecule has 26 heavy (non-hydrogen) atoms. The molecule has 0 heterocycles. The van der Waals surface area contributed by atoms with Gasteiger partial charge in [-0.2, -0.15) is 10.5 Å². The summed E-state index contributed by atoms with van der Waals surface area (Å²) < 4.78 is 0. The molecule has 5 nitrogen and oxygen atoms in total. The summed E-state index contributed by atoms with van der Waals surface area (Å²) in [6, 6.07) is 3.80. The molecular formula is C21H25N5. The molecule has 1 rings (SSSR count). The highest BCUT2D eigenvalue weighted by atomic mass is 14.8. The molecule has 1 aliphatic carbocycles. The summed E-state index contributed by atoms with van der Waals surface area (Å²) in [6.45, 7) is 18.0. The minimum Gasteiger partial charge on any atom is -0.327 e. The topological polar surface area (TPSA) is 98.3 Å². The third-order valence-corrected chi connectivity index (χ3v) is 4.50. The first-order chi connectivity index (χ1) is 12.2. The Labute approximate surface area is 155 Å². The number of hydrogen-bond acceptors (Lipinski definition) is 5. The number of rotatable bonds is 5. The minimum atomic E-state index is 0.00954. The summed E-state index contributed by atoms with van der Waals surface area (Å²) in [4.78, 5) is 9.19. The molecule has 0 aromatic heterocycles. The van der Waals surface area contributed by atoms with E-state index in [9.17, 15) is 5.26 Å². The number of allylic oxidation sites excluding steroid dienone is 6. The Morgan fingerprint density at radius 2 is 1.73 bits per heavy atom. The van der Waals surface area contributed by atoms with E-state index in [-0.39, 0.29) is 11.3 Å². The first-order valence-corrected chi connectivity index (χ1v) is 8.37. The largest absolute Gasteiger partial charge is 0.327 e. The van der Waals surface area contributed by atoms with Crippen LogP contribution in [0.15, 0.2) is 68.0 Å². The Morgan fingerprint density at radius 3 is 2.19 bits per heavy atom. The van der Waals surface area contributed by atoms with Gasteiger partial charge in [-0.3, -0.25) is 4.99 Å². The number of nitrogens with zero attached hydrogens (tertiary/aromatic N) is 4. The molecule has 0 saturated heterocycles. The van der Waals surface area contributed by atoms with Crippen molar-refractivity contribution in [2.45, 2.75) is 41.0 Å². The Bertz CT molecular complexity index is 890. The molecule has 0 saturated carbocycles. The van der Waals surface area contributed by atoms with E-state index in [1.165, 1.54) is 0 Å². The van der Waals surface area contributed by atoms with Crippen molar-refractivity contribution in [3.63, 3.8) is 0 Å². The first kappa shape index (κ1) is 21.0. The monoisotopic (exact) mass is 347 g/mol. The normalized spacial score (nSPS) is 17.9. The fourth-order valence-electron chi connectivity index (χ4n) is 2.56. The van der Waals surface area contributed by atoms with E-state index in [1.807, 2.05) is 46.8 Å².